The normalized spacial score (nSPS) is 22.8. The number of aryl methyl sites for hydroxylation is 1. The summed E-state index contributed by atoms with van der Waals surface area (Å²) in [4.78, 5) is 11.2. The molecule has 3 heteroatoms. The standard InChI is InChI=1S/C13H16O3/c1-16-13(15)12-8-10(12)5-2-9-3-6-11(14)7-4-9/h3-4,6-7,10,12,14H,2,5,8H2,1H3. The average Bonchev–Trinajstić information content (AvgIpc) is 3.07. The zero-order valence-corrected chi connectivity index (χ0v) is 9.35. The smallest absolute Gasteiger partial charge is 0.308 e. The molecule has 1 aliphatic rings. The summed E-state index contributed by atoms with van der Waals surface area (Å²) in [5, 5.41) is 9.13. The molecular weight excluding hydrogens is 204 g/mol. The Morgan fingerprint density at radius 1 is 1.44 bits per heavy atom. The van der Waals surface area contributed by atoms with E-state index in [1.807, 2.05) is 12.1 Å². The van der Waals surface area contributed by atoms with E-state index in [0.29, 0.717) is 11.7 Å². The first-order valence-corrected chi connectivity index (χ1v) is 5.56. The summed E-state index contributed by atoms with van der Waals surface area (Å²) in [6.45, 7) is 0. The number of benzene rings is 1. The van der Waals surface area contributed by atoms with Crippen LogP contribution in [0.3, 0.4) is 0 Å². The van der Waals surface area contributed by atoms with Gasteiger partial charge >= 0.3 is 5.97 Å². The van der Waals surface area contributed by atoms with E-state index >= 15 is 0 Å². The maximum absolute atomic E-state index is 11.2. The van der Waals surface area contributed by atoms with Crippen LogP contribution in [-0.2, 0) is 16.0 Å². The predicted octanol–water partition coefficient (Wildman–Crippen LogP) is 2.13. The lowest BCUT2D eigenvalue weighted by molar-refractivity contribution is -0.142. The van der Waals surface area contributed by atoms with Crippen LogP contribution in [0.2, 0.25) is 0 Å². The second-order valence-corrected chi connectivity index (χ2v) is 4.33. The van der Waals surface area contributed by atoms with Gasteiger partial charge in [-0.2, -0.15) is 0 Å². The Balaban J connectivity index is 1.77. The molecule has 0 bridgehead atoms. The molecule has 0 heterocycles. The van der Waals surface area contributed by atoms with E-state index in [1.165, 1.54) is 12.7 Å². The minimum atomic E-state index is -0.0734. The topological polar surface area (TPSA) is 46.5 Å². The molecule has 0 spiro atoms. The molecule has 0 saturated heterocycles. The molecule has 3 nitrogen and oxygen atoms in total. The molecule has 1 aliphatic carbocycles. The lowest BCUT2D eigenvalue weighted by Gasteiger charge is -2.01. The van der Waals surface area contributed by atoms with Crippen molar-refractivity contribution in [3.8, 4) is 5.75 Å². The number of ether oxygens (including phenoxy) is 1. The summed E-state index contributed by atoms with van der Waals surface area (Å²) in [6.07, 6.45) is 2.94. The van der Waals surface area contributed by atoms with Crippen molar-refractivity contribution in [1.29, 1.82) is 0 Å². The Morgan fingerprint density at radius 3 is 2.75 bits per heavy atom. The third kappa shape index (κ3) is 2.54. The molecule has 1 fully saturated rings. The molecule has 2 rings (SSSR count). The Kier molecular flexibility index (Phi) is 3.13. The van der Waals surface area contributed by atoms with Crippen molar-refractivity contribution in [2.75, 3.05) is 7.11 Å². The minimum absolute atomic E-state index is 0.0734. The molecule has 1 saturated carbocycles. The largest absolute Gasteiger partial charge is 0.508 e. The fourth-order valence-electron chi connectivity index (χ4n) is 2.02. The highest BCUT2D eigenvalue weighted by molar-refractivity contribution is 5.75. The lowest BCUT2D eigenvalue weighted by Crippen LogP contribution is -2.04. The predicted molar refractivity (Wildman–Crippen MR) is 60.0 cm³/mol. The molecule has 1 aromatic rings. The molecule has 2 atom stereocenters. The van der Waals surface area contributed by atoms with Crippen LogP contribution < -0.4 is 0 Å². The number of phenolic OH excluding ortho intramolecular Hbond substituents is 1. The molecular formula is C13H16O3. The van der Waals surface area contributed by atoms with Crippen molar-refractivity contribution >= 4 is 5.97 Å². The SMILES string of the molecule is COC(=O)C1CC1CCc1ccc(O)cc1. The van der Waals surface area contributed by atoms with Gasteiger partial charge in [-0.25, -0.2) is 0 Å². The second-order valence-electron chi connectivity index (χ2n) is 4.33. The Hall–Kier alpha value is -1.51. The highest BCUT2D eigenvalue weighted by atomic mass is 16.5. The molecule has 2 unspecified atom stereocenters. The zero-order valence-electron chi connectivity index (χ0n) is 9.35. The molecule has 86 valence electrons. The van der Waals surface area contributed by atoms with Crippen LogP contribution >= 0.6 is 0 Å². The van der Waals surface area contributed by atoms with E-state index < -0.39 is 0 Å². The van der Waals surface area contributed by atoms with E-state index in [0.717, 1.165) is 19.3 Å². The number of esters is 1. The molecule has 0 radical (unpaired) electrons. The summed E-state index contributed by atoms with van der Waals surface area (Å²) in [6, 6.07) is 7.23. The van der Waals surface area contributed by atoms with Gasteiger partial charge in [0, 0.05) is 0 Å². The maximum atomic E-state index is 11.2. The van der Waals surface area contributed by atoms with E-state index in [-0.39, 0.29) is 11.9 Å². The van der Waals surface area contributed by atoms with Crippen LogP contribution in [0.5, 0.6) is 5.75 Å². The van der Waals surface area contributed by atoms with Crippen molar-refractivity contribution in [2.45, 2.75) is 19.3 Å². The fourth-order valence-corrected chi connectivity index (χ4v) is 2.02. The number of methoxy groups -OCH3 is 1. The molecule has 0 amide bonds. The summed E-state index contributed by atoms with van der Waals surface area (Å²) in [5.41, 5.74) is 1.20. The number of rotatable bonds is 4. The van der Waals surface area contributed by atoms with Gasteiger partial charge in [0.05, 0.1) is 13.0 Å². The van der Waals surface area contributed by atoms with Crippen LogP contribution in [0.15, 0.2) is 24.3 Å². The van der Waals surface area contributed by atoms with Gasteiger partial charge in [0.2, 0.25) is 0 Å². The first kappa shape index (κ1) is 11.0. The molecule has 0 aliphatic heterocycles. The van der Waals surface area contributed by atoms with E-state index in [2.05, 4.69) is 0 Å². The quantitative estimate of drug-likeness (QED) is 0.791. The number of hydrogen-bond donors (Lipinski definition) is 1. The average molecular weight is 220 g/mol. The van der Waals surface area contributed by atoms with Crippen LogP contribution in [0.4, 0.5) is 0 Å². The second kappa shape index (κ2) is 4.56. The Bertz CT molecular complexity index is 369. The third-order valence-corrected chi connectivity index (χ3v) is 3.17. The number of carbonyl (C=O) groups is 1. The maximum Gasteiger partial charge on any atom is 0.308 e. The minimum Gasteiger partial charge on any atom is -0.508 e. The van der Waals surface area contributed by atoms with Crippen molar-refractivity contribution in [3.63, 3.8) is 0 Å². The van der Waals surface area contributed by atoms with Gasteiger partial charge in [0.25, 0.3) is 0 Å². The van der Waals surface area contributed by atoms with Gasteiger partial charge in [-0.15, -0.1) is 0 Å². The number of hydrogen-bond acceptors (Lipinski definition) is 3. The van der Waals surface area contributed by atoms with Gasteiger partial charge in [-0.05, 0) is 42.9 Å². The lowest BCUT2D eigenvalue weighted by atomic mass is 10.1. The van der Waals surface area contributed by atoms with Crippen molar-refractivity contribution in [3.05, 3.63) is 29.8 Å². The van der Waals surface area contributed by atoms with Crippen LogP contribution in [0, 0.1) is 11.8 Å². The molecule has 16 heavy (non-hydrogen) atoms. The molecule has 0 aromatic heterocycles. The fraction of sp³-hybridized carbons (Fsp3) is 0.462. The Morgan fingerprint density at radius 2 is 2.12 bits per heavy atom. The van der Waals surface area contributed by atoms with Crippen LogP contribution in [0.1, 0.15) is 18.4 Å². The van der Waals surface area contributed by atoms with Gasteiger partial charge in [0.1, 0.15) is 5.75 Å². The number of carbonyl (C=O) groups excluding carboxylic acids is 1. The zero-order chi connectivity index (χ0) is 11.5. The van der Waals surface area contributed by atoms with Crippen molar-refractivity contribution in [1.82, 2.24) is 0 Å². The van der Waals surface area contributed by atoms with Crippen molar-refractivity contribution in [2.24, 2.45) is 11.8 Å². The monoisotopic (exact) mass is 220 g/mol. The highest BCUT2D eigenvalue weighted by Gasteiger charge is 2.43. The Labute approximate surface area is 95.0 Å². The van der Waals surface area contributed by atoms with Gasteiger partial charge in [-0.1, -0.05) is 12.1 Å². The first-order valence-electron chi connectivity index (χ1n) is 5.56. The first-order chi connectivity index (χ1) is 7.70. The molecule has 1 aromatic carbocycles. The van der Waals surface area contributed by atoms with Gasteiger partial charge < -0.3 is 9.84 Å². The summed E-state index contributed by atoms with van der Waals surface area (Å²) in [7, 11) is 1.44. The molecule has 1 N–H and O–H groups in total. The van der Waals surface area contributed by atoms with E-state index in [4.69, 9.17) is 9.84 Å². The van der Waals surface area contributed by atoms with Gasteiger partial charge in [-0.3, -0.25) is 4.79 Å². The van der Waals surface area contributed by atoms with E-state index in [1.54, 1.807) is 12.1 Å². The summed E-state index contributed by atoms with van der Waals surface area (Å²) in [5.74, 6) is 0.835. The number of aromatic hydroxyl groups is 1. The van der Waals surface area contributed by atoms with Crippen LogP contribution in [0.25, 0.3) is 0 Å². The third-order valence-electron chi connectivity index (χ3n) is 3.17. The van der Waals surface area contributed by atoms with E-state index in [9.17, 15) is 4.79 Å². The van der Waals surface area contributed by atoms with Crippen LogP contribution in [-0.4, -0.2) is 18.2 Å². The highest BCUT2D eigenvalue weighted by Crippen LogP contribution is 2.42. The summed E-state index contributed by atoms with van der Waals surface area (Å²) >= 11 is 0. The summed E-state index contributed by atoms with van der Waals surface area (Å²) < 4.78 is 4.70. The van der Waals surface area contributed by atoms with Gasteiger partial charge in [0.15, 0.2) is 0 Å². The van der Waals surface area contributed by atoms with Crippen molar-refractivity contribution < 1.29 is 14.6 Å². The number of phenols is 1.